The van der Waals surface area contributed by atoms with Gasteiger partial charge in [-0.25, -0.2) is 4.98 Å². The average Bonchev–Trinajstić information content (AvgIpc) is 2.88. The van der Waals surface area contributed by atoms with Gasteiger partial charge in [-0.2, -0.15) is 0 Å². The van der Waals surface area contributed by atoms with Gasteiger partial charge in [-0.05, 0) is 0 Å². The first-order valence-electron chi connectivity index (χ1n) is 6.46. The summed E-state index contributed by atoms with van der Waals surface area (Å²) >= 11 is 1.32. The van der Waals surface area contributed by atoms with E-state index in [9.17, 15) is 14.7 Å². The van der Waals surface area contributed by atoms with Crippen LogP contribution in [0.5, 0.6) is 0 Å². The maximum absolute atomic E-state index is 11.8. The highest BCUT2D eigenvalue weighted by molar-refractivity contribution is 7.07. The Bertz CT molecular complexity index is 495. The number of carbonyl (C=O) groups is 2. The van der Waals surface area contributed by atoms with Crippen LogP contribution in [0.2, 0.25) is 0 Å². The maximum Gasteiger partial charge on any atom is 0.270 e. The molecule has 2 heterocycles. The summed E-state index contributed by atoms with van der Waals surface area (Å²) in [4.78, 5) is 28.4. The van der Waals surface area contributed by atoms with Crippen molar-refractivity contribution in [2.75, 3.05) is 39.4 Å². The monoisotopic (exact) mass is 314 g/mol. The Morgan fingerprint density at radius 1 is 1.62 bits per heavy atom. The number of rotatable bonds is 5. The van der Waals surface area contributed by atoms with E-state index in [-0.39, 0.29) is 32.1 Å². The van der Waals surface area contributed by atoms with E-state index in [2.05, 4.69) is 10.3 Å². The van der Waals surface area contributed by atoms with Gasteiger partial charge in [0.2, 0.25) is 5.91 Å². The first-order valence-corrected chi connectivity index (χ1v) is 7.40. The fraction of sp³-hybridized carbons (Fsp3) is 0.583. The van der Waals surface area contributed by atoms with Gasteiger partial charge in [-0.15, -0.1) is 11.3 Å². The summed E-state index contributed by atoms with van der Waals surface area (Å²) in [5, 5.41) is 14.8. The molecule has 9 heteroatoms. The Hall–Kier alpha value is -1.55. The quantitative estimate of drug-likeness (QED) is 0.604. The summed E-state index contributed by atoms with van der Waals surface area (Å²) < 4.78 is 5.34. The van der Waals surface area contributed by atoms with Crippen LogP contribution in [0.25, 0.3) is 0 Å². The molecule has 1 saturated heterocycles. The second-order valence-electron chi connectivity index (χ2n) is 5.01. The molecule has 21 heavy (non-hydrogen) atoms. The summed E-state index contributed by atoms with van der Waals surface area (Å²) in [5.74, 6) is -0.818. The number of carbonyl (C=O) groups excluding carboxylic acids is 2. The lowest BCUT2D eigenvalue weighted by molar-refractivity contribution is -0.119. The summed E-state index contributed by atoms with van der Waals surface area (Å²) in [6.07, 6.45) is 0. The third kappa shape index (κ3) is 4.74. The largest absolute Gasteiger partial charge is 0.384 e. The van der Waals surface area contributed by atoms with Crippen molar-refractivity contribution in [3.05, 3.63) is 16.6 Å². The van der Waals surface area contributed by atoms with E-state index in [4.69, 9.17) is 10.5 Å². The minimum Gasteiger partial charge on any atom is -0.384 e. The number of nitrogens with two attached hydrogens (primary N) is 1. The van der Waals surface area contributed by atoms with Gasteiger partial charge in [0, 0.05) is 18.5 Å². The van der Waals surface area contributed by atoms with Crippen LogP contribution >= 0.6 is 11.3 Å². The second-order valence-corrected chi connectivity index (χ2v) is 5.73. The number of nitrogens with one attached hydrogen (secondary N) is 1. The van der Waals surface area contributed by atoms with E-state index in [1.807, 2.05) is 0 Å². The van der Waals surface area contributed by atoms with Crippen LogP contribution in [0.15, 0.2) is 10.9 Å². The molecule has 2 rings (SSSR count). The van der Waals surface area contributed by atoms with Crippen molar-refractivity contribution in [1.29, 1.82) is 0 Å². The van der Waals surface area contributed by atoms with Gasteiger partial charge in [0.05, 0.1) is 31.8 Å². The number of hydrogen-bond donors (Lipinski definition) is 3. The number of nitrogens with zero attached hydrogens (tertiary/aromatic N) is 2. The van der Waals surface area contributed by atoms with Gasteiger partial charge in [-0.3, -0.25) is 14.5 Å². The van der Waals surface area contributed by atoms with Crippen molar-refractivity contribution in [3.8, 4) is 0 Å². The molecule has 1 aliphatic rings. The average molecular weight is 314 g/mol. The Kier molecular flexibility index (Phi) is 5.23. The molecule has 4 N–H and O–H groups in total. The lowest BCUT2D eigenvalue weighted by Gasteiger charge is -2.30. The van der Waals surface area contributed by atoms with Crippen molar-refractivity contribution >= 4 is 23.2 Å². The van der Waals surface area contributed by atoms with Crippen LogP contribution in [0.1, 0.15) is 10.5 Å². The number of ether oxygens (including phenoxy) is 1. The summed E-state index contributed by atoms with van der Waals surface area (Å²) in [6, 6.07) is 0. The number of aliphatic hydroxyl groups is 1. The lowest BCUT2D eigenvalue weighted by Crippen LogP contribution is -2.53. The van der Waals surface area contributed by atoms with Crippen LogP contribution in [0.4, 0.5) is 0 Å². The Labute approximate surface area is 125 Å². The van der Waals surface area contributed by atoms with Gasteiger partial charge in [0.1, 0.15) is 11.3 Å². The third-order valence-electron chi connectivity index (χ3n) is 3.06. The predicted octanol–water partition coefficient (Wildman–Crippen LogP) is -1.58. The summed E-state index contributed by atoms with van der Waals surface area (Å²) in [6.45, 7) is 1.25. The number of β-amino-alcohol motifs (C(OH)–C–C–N with tert-alkyl or cyclic N) is 1. The van der Waals surface area contributed by atoms with E-state index >= 15 is 0 Å². The molecule has 1 atom stereocenters. The van der Waals surface area contributed by atoms with Gasteiger partial charge in [0.15, 0.2) is 0 Å². The number of aromatic nitrogens is 1. The van der Waals surface area contributed by atoms with E-state index in [1.54, 1.807) is 15.8 Å². The molecule has 116 valence electrons. The van der Waals surface area contributed by atoms with Gasteiger partial charge >= 0.3 is 0 Å². The molecule has 8 nitrogen and oxygen atoms in total. The Morgan fingerprint density at radius 2 is 2.43 bits per heavy atom. The number of amides is 2. The number of thiazole rings is 1. The van der Waals surface area contributed by atoms with Crippen LogP contribution in [-0.2, 0) is 9.53 Å². The van der Waals surface area contributed by atoms with Crippen molar-refractivity contribution in [1.82, 2.24) is 15.2 Å². The van der Waals surface area contributed by atoms with Crippen LogP contribution in [0.3, 0.4) is 0 Å². The molecule has 1 aromatic rings. The molecule has 0 bridgehead atoms. The van der Waals surface area contributed by atoms with Crippen LogP contribution in [-0.4, -0.2) is 71.8 Å². The molecule has 0 spiro atoms. The molecule has 1 fully saturated rings. The van der Waals surface area contributed by atoms with E-state index in [0.717, 1.165) is 0 Å². The maximum atomic E-state index is 11.8. The molecular formula is C12H18N4O4S. The SMILES string of the molecule is NC(=O)CN1CCOCC(O)(CNC(=O)c2cscn2)C1. The fourth-order valence-corrected chi connectivity index (χ4v) is 2.65. The minimum absolute atomic E-state index is 0.0125. The first-order chi connectivity index (χ1) is 9.98. The van der Waals surface area contributed by atoms with Crippen molar-refractivity contribution < 1.29 is 19.4 Å². The minimum atomic E-state index is -1.27. The molecule has 1 unspecified atom stereocenters. The zero-order chi connectivity index (χ0) is 15.3. The zero-order valence-corrected chi connectivity index (χ0v) is 12.3. The van der Waals surface area contributed by atoms with E-state index in [0.29, 0.717) is 18.8 Å². The van der Waals surface area contributed by atoms with E-state index < -0.39 is 11.5 Å². The normalized spacial score (nSPS) is 23.5. The molecule has 0 aliphatic carbocycles. The standard InChI is InChI=1S/C12H18N4O4S/c13-10(17)3-16-1-2-20-7-12(19,6-16)5-14-11(18)9-4-21-8-15-9/h4,8,19H,1-3,5-7H2,(H2,13,17)(H,14,18). The van der Waals surface area contributed by atoms with Crippen LogP contribution < -0.4 is 11.1 Å². The topological polar surface area (TPSA) is 118 Å². The van der Waals surface area contributed by atoms with Crippen molar-refractivity contribution in [3.63, 3.8) is 0 Å². The summed E-state index contributed by atoms with van der Waals surface area (Å²) in [7, 11) is 0. The highest BCUT2D eigenvalue weighted by atomic mass is 32.1. The molecule has 1 aromatic heterocycles. The Balaban J connectivity index is 1.92. The highest BCUT2D eigenvalue weighted by Crippen LogP contribution is 2.12. The van der Waals surface area contributed by atoms with Crippen molar-refractivity contribution in [2.45, 2.75) is 5.60 Å². The molecular weight excluding hydrogens is 296 g/mol. The highest BCUT2D eigenvalue weighted by Gasteiger charge is 2.33. The third-order valence-corrected chi connectivity index (χ3v) is 3.65. The molecule has 2 amide bonds. The molecule has 0 aromatic carbocycles. The molecule has 0 radical (unpaired) electrons. The lowest BCUT2D eigenvalue weighted by atomic mass is 10.0. The first kappa shape index (κ1) is 15.8. The predicted molar refractivity (Wildman–Crippen MR) is 75.9 cm³/mol. The number of hydrogen-bond acceptors (Lipinski definition) is 7. The van der Waals surface area contributed by atoms with Crippen LogP contribution in [0, 0.1) is 0 Å². The van der Waals surface area contributed by atoms with Gasteiger partial charge in [-0.1, -0.05) is 0 Å². The summed E-state index contributed by atoms with van der Waals surface area (Å²) in [5.41, 5.74) is 5.78. The van der Waals surface area contributed by atoms with Gasteiger partial charge < -0.3 is 20.9 Å². The zero-order valence-electron chi connectivity index (χ0n) is 11.4. The number of primary amides is 1. The van der Waals surface area contributed by atoms with Gasteiger partial charge in [0.25, 0.3) is 5.91 Å². The van der Waals surface area contributed by atoms with E-state index in [1.165, 1.54) is 11.3 Å². The molecule has 0 saturated carbocycles. The second kappa shape index (κ2) is 6.94. The smallest absolute Gasteiger partial charge is 0.270 e. The Morgan fingerprint density at radius 3 is 3.10 bits per heavy atom. The molecule has 1 aliphatic heterocycles. The fourth-order valence-electron chi connectivity index (χ4n) is 2.12. The van der Waals surface area contributed by atoms with Crippen molar-refractivity contribution in [2.24, 2.45) is 5.73 Å².